The van der Waals surface area contributed by atoms with Gasteiger partial charge in [-0.25, -0.2) is 0 Å². The first-order valence-electron chi connectivity index (χ1n) is 7.31. The third kappa shape index (κ3) is 3.81. The van der Waals surface area contributed by atoms with Gasteiger partial charge < -0.3 is 13.3 Å². The van der Waals surface area contributed by atoms with Gasteiger partial charge in [-0.15, -0.1) is 0 Å². The lowest BCUT2D eigenvalue weighted by Gasteiger charge is -2.47. The molecule has 0 amide bonds. The molecular formula is C15H34O3Si. The van der Waals surface area contributed by atoms with E-state index in [9.17, 15) is 0 Å². The maximum absolute atomic E-state index is 6.50. The number of hydrogen-bond acceptors (Lipinski definition) is 3. The molecule has 0 N–H and O–H groups in total. The van der Waals surface area contributed by atoms with Gasteiger partial charge in [-0.05, 0) is 25.7 Å². The minimum atomic E-state index is -2.75. The van der Waals surface area contributed by atoms with E-state index in [2.05, 4.69) is 55.4 Å². The summed E-state index contributed by atoms with van der Waals surface area (Å²) in [7, 11) is 0.681. The molecule has 0 aliphatic carbocycles. The van der Waals surface area contributed by atoms with Crippen LogP contribution < -0.4 is 0 Å². The molecule has 0 aromatic carbocycles. The summed E-state index contributed by atoms with van der Waals surface area (Å²) >= 11 is 0. The van der Waals surface area contributed by atoms with Crippen molar-refractivity contribution in [2.75, 3.05) is 14.2 Å². The second-order valence-corrected chi connectivity index (χ2v) is 10.3. The van der Waals surface area contributed by atoms with Crippen molar-refractivity contribution in [1.29, 1.82) is 0 Å². The molecule has 19 heavy (non-hydrogen) atoms. The second-order valence-electron chi connectivity index (χ2n) is 6.86. The zero-order chi connectivity index (χ0) is 15.5. The SMILES string of the molecule is CCC(C)C(C)(C)O[Si](OC)(OC)C(C)(C)C(C)C. The number of rotatable bonds is 8. The smallest absolute Gasteiger partial charge is 0.376 e. The standard InChI is InChI=1S/C15H34O3Si/c1-11-13(4)14(5,6)18-19(16-9,17-10)15(7,8)12(2)3/h12-13H,11H2,1-10H3. The Labute approximate surface area is 121 Å². The van der Waals surface area contributed by atoms with E-state index >= 15 is 0 Å². The van der Waals surface area contributed by atoms with Crippen LogP contribution in [-0.4, -0.2) is 28.6 Å². The normalized spacial score (nSPS) is 15.9. The van der Waals surface area contributed by atoms with E-state index in [1.165, 1.54) is 0 Å². The van der Waals surface area contributed by atoms with Crippen LogP contribution in [0.25, 0.3) is 0 Å². The monoisotopic (exact) mass is 290 g/mol. The van der Waals surface area contributed by atoms with Gasteiger partial charge >= 0.3 is 8.80 Å². The van der Waals surface area contributed by atoms with Gasteiger partial charge in [-0.2, -0.15) is 0 Å². The fourth-order valence-electron chi connectivity index (χ4n) is 2.12. The van der Waals surface area contributed by atoms with Crippen molar-refractivity contribution >= 4 is 8.80 Å². The van der Waals surface area contributed by atoms with E-state index in [4.69, 9.17) is 13.3 Å². The molecular weight excluding hydrogens is 256 g/mol. The first-order chi connectivity index (χ1) is 8.50. The molecule has 0 aliphatic rings. The zero-order valence-electron chi connectivity index (χ0n) is 14.6. The molecule has 0 bridgehead atoms. The van der Waals surface area contributed by atoms with Crippen LogP contribution in [0.2, 0.25) is 5.04 Å². The lowest BCUT2D eigenvalue weighted by molar-refractivity contribution is -0.0439. The minimum Gasteiger partial charge on any atom is -0.376 e. The Bertz CT molecular complexity index is 271. The zero-order valence-corrected chi connectivity index (χ0v) is 15.6. The fourth-order valence-corrected chi connectivity index (χ4v) is 5.37. The van der Waals surface area contributed by atoms with Crippen LogP contribution in [0.4, 0.5) is 0 Å². The van der Waals surface area contributed by atoms with Gasteiger partial charge in [-0.1, -0.05) is 48.0 Å². The predicted molar refractivity (Wildman–Crippen MR) is 83.3 cm³/mol. The Balaban J connectivity index is 5.45. The van der Waals surface area contributed by atoms with Gasteiger partial charge in [-0.3, -0.25) is 0 Å². The molecule has 4 heteroatoms. The Morgan fingerprint density at radius 3 is 1.63 bits per heavy atom. The van der Waals surface area contributed by atoms with Gasteiger partial charge in [0, 0.05) is 19.3 Å². The molecule has 0 spiro atoms. The maximum atomic E-state index is 6.50. The maximum Gasteiger partial charge on any atom is 0.507 e. The molecule has 0 rings (SSSR count). The third-order valence-corrected chi connectivity index (χ3v) is 8.99. The average molecular weight is 291 g/mol. The molecule has 1 atom stereocenters. The van der Waals surface area contributed by atoms with Crippen molar-refractivity contribution < 1.29 is 13.3 Å². The highest BCUT2D eigenvalue weighted by atomic mass is 28.4. The van der Waals surface area contributed by atoms with Crippen molar-refractivity contribution in [3.05, 3.63) is 0 Å². The summed E-state index contributed by atoms with van der Waals surface area (Å²) in [6.45, 7) is 17.4. The van der Waals surface area contributed by atoms with Gasteiger partial charge in [0.05, 0.1) is 5.60 Å². The van der Waals surface area contributed by atoms with Crippen LogP contribution in [0.1, 0.15) is 61.8 Å². The van der Waals surface area contributed by atoms with E-state index < -0.39 is 8.80 Å². The summed E-state index contributed by atoms with van der Waals surface area (Å²) in [6, 6.07) is 0. The lowest BCUT2D eigenvalue weighted by Crippen LogP contribution is -2.59. The third-order valence-electron chi connectivity index (χ3n) is 4.97. The summed E-state index contributed by atoms with van der Waals surface area (Å²) in [6.07, 6.45) is 1.08. The summed E-state index contributed by atoms with van der Waals surface area (Å²) < 4.78 is 18.2. The second kappa shape index (κ2) is 6.70. The molecule has 1 unspecified atom stereocenters. The van der Waals surface area contributed by atoms with Crippen molar-refractivity contribution in [3.8, 4) is 0 Å². The predicted octanol–water partition coefficient (Wildman–Crippen LogP) is 4.50. The lowest BCUT2D eigenvalue weighted by atomic mass is 9.91. The van der Waals surface area contributed by atoms with E-state index in [1.54, 1.807) is 14.2 Å². The fraction of sp³-hybridized carbons (Fsp3) is 1.00. The molecule has 0 fully saturated rings. The van der Waals surface area contributed by atoms with Crippen molar-refractivity contribution in [2.24, 2.45) is 11.8 Å². The van der Waals surface area contributed by atoms with Gasteiger partial charge in [0.25, 0.3) is 0 Å². The summed E-state index contributed by atoms with van der Waals surface area (Å²) in [5, 5.41) is -0.124. The molecule has 116 valence electrons. The largest absolute Gasteiger partial charge is 0.507 e. The van der Waals surface area contributed by atoms with Crippen molar-refractivity contribution in [2.45, 2.75) is 72.5 Å². The van der Waals surface area contributed by atoms with E-state index in [1.807, 2.05) is 0 Å². The Kier molecular flexibility index (Phi) is 6.73. The molecule has 0 aliphatic heterocycles. The van der Waals surface area contributed by atoms with Crippen LogP contribution >= 0.6 is 0 Å². The quantitative estimate of drug-likeness (QED) is 0.616. The van der Waals surface area contributed by atoms with Crippen LogP contribution in [0.5, 0.6) is 0 Å². The van der Waals surface area contributed by atoms with Crippen LogP contribution in [-0.2, 0) is 13.3 Å². The summed E-state index contributed by atoms with van der Waals surface area (Å²) in [5.74, 6) is 0.874. The van der Waals surface area contributed by atoms with Crippen molar-refractivity contribution in [3.63, 3.8) is 0 Å². The first-order valence-corrected chi connectivity index (χ1v) is 9.03. The molecule has 0 aromatic heterocycles. The summed E-state index contributed by atoms with van der Waals surface area (Å²) in [4.78, 5) is 0. The summed E-state index contributed by atoms with van der Waals surface area (Å²) in [5.41, 5.74) is -0.251. The highest BCUT2D eigenvalue weighted by Gasteiger charge is 2.58. The molecule has 3 nitrogen and oxygen atoms in total. The molecule has 0 saturated heterocycles. The van der Waals surface area contributed by atoms with E-state index in [-0.39, 0.29) is 10.6 Å². The van der Waals surface area contributed by atoms with Gasteiger partial charge in [0.15, 0.2) is 0 Å². The van der Waals surface area contributed by atoms with Crippen LogP contribution in [0.3, 0.4) is 0 Å². The average Bonchev–Trinajstić information content (AvgIpc) is 2.34. The minimum absolute atomic E-state index is 0.124. The molecule has 0 radical (unpaired) electrons. The first kappa shape index (κ1) is 19.1. The Morgan fingerprint density at radius 2 is 1.37 bits per heavy atom. The molecule has 0 heterocycles. The van der Waals surface area contributed by atoms with Crippen LogP contribution in [0.15, 0.2) is 0 Å². The number of hydrogen-bond donors (Lipinski definition) is 0. The molecule has 0 saturated carbocycles. The highest BCUT2D eigenvalue weighted by Crippen LogP contribution is 2.47. The highest BCUT2D eigenvalue weighted by molar-refractivity contribution is 6.64. The van der Waals surface area contributed by atoms with E-state index in [0.29, 0.717) is 11.8 Å². The van der Waals surface area contributed by atoms with E-state index in [0.717, 1.165) is 6.42 Å². The van der Waals surface area contributed by atoms with Gasteiger partial charge in [0.1, 0.15) is 0 Å². The van der Waals surface area contributed by atoms with Crippen molar-refractivity contribution in [1.82, 2.24) is 0 Å². The topological polar surface area (TPSA) is 27.7 Å². The van der Waals surface area contributed by atoms with Crippen LogP contribution in [0, 0.1) is 11.8 Å². The van der Waals surface area contributed by atoms with Gasteiger partial charge in [0.2, 0.25) is 0 Å². The molecule has 0 aromatic rings. The Morgan fingerprint density at radius 1 is 0.947 bits per heavy atom. The Hall–Kier alpha value is 0.0969.